The molecule has 1 aliphatic rings. The van der Waals surface area contributed by atoms with Crippen molar-refractivity contribution in [3.63, 3.8) is 0 Å². The number of carbonyl (C=O) groups excluding carboxylic acids is 2. The highest BCUT2D eigenvalue weighted by molar-refractivity contribution is 5.88. The molecule has 0 atom stereocenters. The second-order valence-electron chi connectivity index (χ2n) is 5.33. The molecule has 2 rings (SSSR count). The number of hydrogen-bond donors (Lipinski definition) is 3. The van der Waals surface area contributed by atoms with Gasteiger partial charge in [-0.1, -0.05) is 12.1 Å². The summed E-state index contributed by atoms with van der Waals surface area (Å²) in [5.41, 5.74) is 6.97. The highest BCUT2D eigenvalue weighted by Gasteiger charge is 2.35. The minimum Gasteiger partial charge on any atom is -0.381 e. The Bertz CT molecular complexity index is 507. The van der Waals surface area contributed by atoms with Gasteiger partial charge in [0.15, 0.2) is 0 Å². The van der Waals surface area contributed by atoms with Gasteiger partial charge in [0.2, 0.25) is 11.8 Å². The minimum atomic E-state index is -0.825. The van der Waals surface area contributed by atoms with Gasteiger partial charge in [0.05, 0.1) is 5.54 Å². The van der Waals surface area contributed by atoms with Crippen LogP contribution in [0.4, 0.5) is 5.69 Å². The van der Waals surface area contributed by atoms with E-state index in [2.05, 4.69) is 10.6 Å². The fourth-order valence-corrected chi connectivity index (χ4v) is 2.23. The summed E-state index contributed by atoms with van der Waals surface area (Å²) in [7, 11) is 0. The molecule has 21 heavy (non-hydrogen) atoms. The van der Waals surface area contributed by atoms with Gasteiger partial charge in [-0.3, -0.25) is 9.59 Å². The number of benzene rings is 1. The monoisotopic (exact) mass is 291 g/mol. The molecular weight excluding hydrogens is 270 g/mol. The predicted octanol–water partition coefficient (Wildman–Crippen LogP) is 0.769. The Morgan fingerprint density at radius 3 is 2.43 bits per heavy atom. The van der Waals surface area contributed by atoms with E-state index in [1.54, 1.807) is 12.1 Å². The molecule has 6 nitrogen and oxygen atoms in total. The fraction of sp³-hybridized carbons (Fsp3) is 0.467. The zero-order chi connectivity index (χ0) is 15.3. The maximum Gasteiger partial charge on any atom is 0.240 e. The van der Waals surface area contributed by atoms with Gasteiger partial charge in [0, 0.05) is 32.4 Å². The maximum atomic E-state index is 12.2. The van der Waals surface area contributed by atoms with Crippen molar-refractivity contribution in [3.8, 4) is 0 Å². The summed E-state index contributed by atoms with van der Waals surface area (Å²) in [5.74, 6) is -0.252. The largest absolute Gasteiger partial charge is 0.381 e. The lowest BCUT2D eigenvalue weighted by Crippen LogP contribution is -2.56. The quantitative estimate of drug-likeness (QED) is 0.764. The first-order valence-corrected chi connectivity index (χ1v) is 7.01. The number of anilines is 1. The smallest absolute Gasteiger partial charge is 0.240 e. The summed E-state index contributed by atoms with van der Waals surface area (Å²) in [6.07, 6.45) is 1.08. The molecule has 6 heteroatoms. The lowest BCUT2D eigenvalue weighted by molar-refractivity contribution is -0.129. The number of rotatable bonds is 4. The Morgan fingerprint density at radius 2 is 1.86 bits per heavy atom. The molecule has 0 aromatic heterocycles. The molecule has 0 spiro atoms. The second kappa shape index (κ2) is 6.69. The van der Waals surface area contributed by atoms with E-state index in [-0.39, 0.29) is 11.8 Å². The van der Waals surface area contributed by atoms with Crippen molar-refractivity contribution in [1.29, 1.82) is 0 Å². The van der Waals surface area contributed by atoms with Crippen molar-refractivity contribution >= 4 is 17.5 Å². The van der Waals surface area contributed by atoms with Crippen molar-refractivity contribution in [2.75, 3.05) is 18.5 Å². The number of nitrogens with one attached hydrogen (secondary N) is 2. The van der Waals surface area contributed by atoms with Crippen molar-refractivity contribution < 1.29 is 14.3 Å². The number of amides is 2. The molecular formula is C15H21N3O3. The molecule has 1 aromatic rings. The molecule has 1 aromatic carbocycles. The van der Waals surface area contributed by atoms with Gasteiger partial charge in [-0.2, -0.15) is 0 Å². The van der Waals surface area contributed by atoms with Crippen LogP contribution in [0.1, 0.15) is 25.3 Å². The highest BCUT2D eigenvalue weighted by atomic mass is 16.5. The fourth-order valence-electron chi connectivity index (χ4n) is 2.23. The molecule has 0 saturated carbocycles. The molecule has 0 unspecified atom stereocenters. The van der Waals surface area contributed by atoms with E-state index < -0.39 is 5.54 Å². The number of carbonyl (C=O) groups is 2. The molecule has 1 aliphatic heterocycles. The van der Waals surface area contributed by atoms with Gasteiger partial charge < -0.3 is 21.1 Å². The third kappa shape index (κ3) is 4.27. The maximum absolute atomic E-state index is 12.2. The Morgan fingerprint density at radius 1 is 1.24 bits per heavy atom. The van der Waals surface area contributed by atoms with Gasteiger partial charge in [-0.15, -0.1) is 0 Å². The first-order valence-electron chi connectivity index (χ1n) is 7.01. The molecule has 4 N–H and O–H groups in total. The van der Waals surface area contributed by atoms with Gasteiger partial charge >= 0.3 is 0 Å². The van der Waals surface area contributed by atoms with Crippen LogP contribution < -0.4 is 16.4 Å². The number of ether oxygens (including phenoxy) is 1. The summed E-state index contributed by atoms with van der Waals surface area (Å²) < 4.78 is 5.23. The lowest BCUT2D eigenvalue weighted by Gasteiger charge is -2.31. The van der Waals surface area contributed by atoms with Crippen molar-refractivity contribution in [2.24, 2.45) is 5.73 Å². The van der Waals surface area contributed by atoms with E-state index in [1.165, 1.54) is 6.92 Å². The second-order valence-corrected chi connectivity index (χ2v) is 5.33. The summed E-state index contributed by atoms with van der Waals surface area (Å²) in [4.78, 5) is 23.1. The average molecular weight is 291 g/mol. The molecule has 0 bridgehead atoms. The summed E-state index contributed by atoms with van der Waals surface area (Å²) in [6.45, 7) is 2.92. The topological polar surface area (TPSA) is 93.5 Å². The van der Waals surface area contributed by atoms with E-state index in [1.807, 2.05) is 12.1 Å². The van der Waals surface area contributed by atoms with Crippen LogP contribution in [0.3, 0.4) is 0 Å². The van der Waals surface area contributed by atoms with Crippen molar-refractivity contribution in [2.45, 2.75) is 31.8 Å². The summed E-state index contributed by atoms with van der Waals surface area (Å²) in [6, 6.07) is 7.32. The Hall–Kier alpha value is -1.92. The van der Waals surface area contributed by atoms with Crippen molar-refractivity contribution in [3.05, 3.63) is 29.8 Å². The zero-order valence-electron chi connectivity index (χ0n) is 12.1. The third-order valence-corrected chi connectivity index (χ3v) is 3.56. The van der Waals surface area contributed by atoms with Crippen LogP contribution in [0.2, 0.25) is 0 Å². The number of nitrogens with two attached hydrogens (primary N) is 1. The molecule has 1 saturated heterocycles. The standard InChI is InChI=1S/C15H21N3O3/c1-11(19)18-13-4-2-12(3-5-13)10-17-14(20)15(16)6-8-21-9-7-15/h2-5H,6-10,16H2,1H3,(H,17,20)(H,18,19). The van der Waals surface area contributed by atoms with E-state index in [0.29, 0.717) is 32.6 Å². The van der Waals surface area contributed by atoms with E-state index in [9.17, 15) is 9.59 Å². The first-order chi connectivity index (χ1) is 9.99. The molecule has 0 aliphatic carbocycles. The van der Waals surface area contributed by atoms with Gasteiger partial charge in [-0.05, 0) is 30.5 Å². The van der Waals surface area contributed by atoms with Crippen molar-refractivity contribution in [1.82, 2.24) is 5.32 Å². The summed E-state index contributed by atoms with van der Waals surface area (Å²) in [5, 5.41) is 5.56. The zero-order valence-corrected chi connectivity index (χ0v) is 12.1. The minimum absolute atomic E-state index is 0.111. The van der Waals surface area contributed by atoms with Crippen LogP contribution in [0.25, 0.3) is 0 Å². The van der Waals surface area contributed by atoms with E-state index in [4.69, 9.17) is 10.5 Å². The summed E-state index contributed by atoms with van der Waals surface area (Å²) >= 11 is 0. The Labute approximate surface area is 124 Å². The van der Waals surface area contributed by atoms with Crippen LogP contribution in [0.5, 0.6) is 0 Å². The molecule has 1 heterocycles. The SMILES string of the molecule is CC(=O)Nc1ccc(CNC(=O)C2(N)CCOCC2)cc1. The van der Waals surface area contributed by atoms with Gasteiger partial charge in [-0.25, -0.2) is 0 Å². The molecule has 0 radical (unpaired) electrons. The van der Waals surface area contributed by atoms with Crippen LogP contribution in [0.15, 0.2) is 24.3 Å². The first kappa shape index (κ1) is 15.5. The number of hydrogen-bond acceptors (Lipinski definition) is 4. The third-order valence-electron chi connectivity index (χ3n) is 3.56. The van der Waals surface area contributed by atoms with E-state index in [0.717, 1.165) is 11.3 Å². The van der Waals surface area contributed by atoms with E-state index >= 15 is 0 Å². The normalized spacial score (nSPS) is 17.0. The van der Waals surface area contributed by atoms with Crippen LogP contribution in [-0.4, -0.2) is 30.6 Å². The van der Waals surface area contributed by atoms with Gasteiger partial charge in [0.25, 0.3) is 0 Å². The van der Waals surface area contributed by atoms with Crippen LogP contribution in [-0.2, 0) is 20.9 Å². The Balaban J connectivity index is 1.87. The molecule has 114 valence electrons. The molecule has 2 amide bonds. The van der Waals surface area contributed by atoms with Crippen LogP contribution >= 0.6 is 0 Å². The van der Waals surface area contributed by atoms with Crippen LogP contribution in [0, 0.1) is 0 Å². The lowest BCUT2D eigenvalue weighted by atomic mass is 9.90. The van der Waals surface area contributed by atoms with Gasteiger partial charge in [0.1, 0.15) is 0 Å². The average Bonchev–Trinajstić information content (AvgIpc) is 2.46. The Kier molecular flexibility index (Phi) is 4.93. The predicted molar refractivity (Wildman–Crippen MR) is 79.6 cm³/mol. The highest BCUT2D eigenvalue weighted by Crippen LogP contribution is 2.18. The molecule has 1 fully saturated rings.